The summed E-state index contributed by atoms with van der Waals surface area (Å²) in [5.41, 5.74) is 7.45. The number of hydrogen-bond donors (Lipinski definition) is 0. The molecule has 0 unspecified atom stereocenters. The van der Waals surface area contributed by atoms with Crippen LogP contribution in [0.4, 0.5) is 0 Å². The molecule has 0 saturated carbocycles. The molecular weight excluding hydrogens is 759 g/mol. The first-order valence-corrected chi connectivity index (χ1v) is 22.0. The smallest absolute Gasteiger partial charge is 0.235 e. The molecule has 4 heteroatoms. The van der Waals surface area contributed by atoms with Crippen LogP contribution in [0.1, 0.15) is 20.3 Å². The number of benzene rings is 10. The second kappa shape index (κ2) is 14.1. The quantitative estimate of drug-likeness (QED) is 0.167. The van der Waals surface area contributed by atoms with E-state index in [0.29, 0.717) is 5.95 Å². The molecule has 0 atom stereocenters. The summed E-state index contributed by atoms with van der Waals surface area (Å²) in [4.78, 5) is 11.2. The summed E-state index contributed by atoms with van der Waals surface area (Å²) in [5, 5.41) is 15.7. The molecule has 3 nitrogen and oxygen atoms in total. The first-order valence-electron chi connectivity index (χ1n) is 21.2. The lowest BCUT2D eigenvalue weighted by molar-refractivity contribution is 1.02. The van der Waals surface area contributed by atoms with E-state index in [1.54, 1.807) is 0 Å². The van der Waals surface area contributed by atoms with Gasteiger partial charge in [-0.05, 0) is 56.1 Å². The Labute approximate surface area is 356 Å². The highest BCUT2D eigenvalue weighted by Crippen LogP contribution is 2.47. The normalized spacial score (nSPS) is 11.8. The molecule has 0 spiro atoms. The van der Waals surface area contributed by atoms with Crippen LogP contribution in [0.15, 0.2) is 188 Å². The topological polar surface area (TPSA) is 30.7 Å². The van der Waals surface area contributed by atoms with Crippen molar-refractivity contribution in [1.82, 2.24) is 14.5 Å². The maximum atomic E-state index is 5.62. The average molecular weight is 798 g/mol. The van der Waals surface area contributed by atoms with Crippen LogP contribution < -0.4 is 0 Å². The van der Waals surface area contributed by atoms with E-state index in [0.717, 1.165) is 49.5 Å². The second-order valence-corrected chi connectivity index (χ2v) is 17.0. The van der Waals surface area contributed by atoms with Gasteiger partial charge < -0.3 is 0 Å². The summed E-state index contributed by atoms with van der Waals surface area (Å²) in [6.07, 6.45) is 1.25. The number of para-hydroxylation sites is 1. The number of thiophene rings is 1. The maximum absolute atomic E-state index is 5.62. The van der Waals surface area contributed by atoms with Crippen molar-refractivity contribution in [2.24, 2.45) is 0 Å². The third kappa shape index (κ3) is 5.42. The van der Waals surface area contributed by atoms with E-state index < -0.39 is 0 Å². The molecule has 0 bridgehead atoms. The zero-order valence-corrected chi connectivity index (χ0v) is 34.7. The summed E-state index contributed by atoms with van der Waals surface area (Å²) >= 11 is 1.87. The van der Waals surface area contributed by atoms with Gasteiger partial charge in [0.2, 0.25) is 5.95 Å². The number of fused-ring (bicyclic) bond motifs is 16. The van der Waals surface area contributed by atoms with Crippen molar-refractivity contribution in [2.75, 3.05) is 0 Å². The van der Waals surface area contributed by atoms with Crippen LogP contribution in [0.3, 0.4) is 0 Å². The van der Waals surface area contributed by atoms with Crippen LogP contribution in [0.5, 0.6) is 0 Å². The fourth-order valence-corrected chi connectivity index (χ4v) is 10.8. The molecule has 0 saturated heterocycles. The van der Waals surface area contributed by atoms with Gasteiger partial charge in [-0.3, -0.25) is 4.57 Å². The zero-order chi connectivity index (χ0) is 40.6. The van der Waals surface area contributed by atoms with Gasteiger partial charge in [0, 0.05) is 58.2 Å². The van der Waals surface area contributed by atoms with E-state index in [-0.39, 0.29) is 0 Å². The second-order valence-electron chi connectivity index (χ2n) is 16.0. The van der Waals surface area contributed by atoms with Crippen LogP contribution in [-0.2, 0) is 0 Å². The first kappa shape index (κ1) is 35.5. The van der Waals surface area contributed by atoms with Crippen molar-refractivity contribution in [3.05, 3.63) is 188 Å². The van der Waals surface area contributed by atoms with Crippen LogP contribution in [0.25, 0.3) is 124 Å². The molecule has 0 aliphatic carbocycles. The summed E-state index contributed by atoms with van der Waals surface area (Å²) in [5.74, 6) is 0.657. The van der Waals surface area contributed by atoms with Gasteiger partial charge in [-0.25, -0.2) is 9.97 Å². The lowest BCUT2D eigenvalue weighted by Gasteiger charge is -2.15. The minimum absolute atomic E-state index is 0.657. The highest BCUT2D eigenvalue weighted by Gasteiger charge is 2.24. The first-order chi connectivity index (χ1) is 30.2. The SMILES string of the molecule is CCC.c1ccc(-c2nc(-n3c4c(-c5ccc6c(c5)sc5ccc7ccccc7c56)cccc4c4c5ccccc5c5ccccc5c43)nc3c2ccc2ccccc23)cc1. The molecule has 13 rings (SSSR count). The van der Waals surface area contributed by atoms with Crippen molar-refractivity contribution in [3.8, 4) is 28.3 Å². The fourth-order valence-electron chi connectivity index (χ4n) is 9.64. The minimum atomic E-state index is 0.657. The van der Waals surface area contributed by atoms with Gasteiger partial charge in [0.25, 0.3) is 0 Å². The van der Waals surface area contributed by atoms with Crippen molar-refractivity contribution < 1.29 is 0 Å². The van der Waals surface area contributed by atoms with Crippen molar-refractivity contribution in [2.45, 2.75) is 20.3 Å². The largest absolute Gasteiger partial charge is 0.277 e. The van der Waals surface area contributed by atoms with Gasteiger partial charge >= 0.3 is 0 Å². The van der Waals surface area contributed by atoms with Crippen LogP contribution in [-0.4, -0.2) is 14.5 Å². The molecule has 13 aromatic rings. The van der Waals surface area contributed by atoms with Gasteiger partial charge in [0.05, 0.1) is 22.2 Å². The number of hydrogen-bond acceptors (Lipinski definition) is 3. The third-order valence-electron chi connectivity index (χ3n) is 12.2. The predicted octanol–water partition coefficient (Wildman–Crippen LogP) is 16.5. The van der Waals surface area contributed by atoms with E-state index in [9.17, 15) is 0 Å². The Bertz CT molecular complexity index is 3880. The van der Waals surface area contributed by atoms with Crippen molar-refractivity contribution in [3.63, 3.8) is 0 Å². The fraction of sp³-hybridized carbons (Fsp3) is 0.0526. The number of nitrogens with zero attached hydrogens (tertiary/aromatic N) is 3. The standard InChI is InChI=1S/C54H31N3S.C3H8/c1-2-15-34(16-3-1)50-45-29-25-33-14-5-7-18-37(33)51(45)56-54(55-50)57-52-38(35-26-28-43-47(31-35)58-46-30-27-32-13-4-6-17-36(32)48(43)46)23-12-24-44(52)49-41-21-10-8-19-39(41)40-20-9-11-22-42(40)53(49)57;1-3-2/h1-31H;3H2,1-2H3. The Hall–Kier alpha value is -7.40. The highest BCUT2D eigenvalue weighted by molar-refractivity contribution is 7.26. The Morgan fingerprint density at radius 1 is 0.410 bits per heavy atom. The third-order valence-corrected chi connectivity index (χ3v) is 13.3. The van der Waals surface area contributed by atoms with E-state index in [1.807, 2.05) is 11.3 Å². The van der Waals surface area contributed by atoms with Crippen LogP contribution >= 0.6 is 11.3 Å². The Balaban J connectivity index is 0.00000129. The van der Waals surface area contributed by atoms with Gasteiger partial charge in [0.1, 0.15) is 0 Å². The summed E-state index contributed by atoms with van der Waals surface area (Å²) < 4.78 is 4.96. The molecule has 0 aliphatic rings. The zero-order valence-electron chi connectivity index (χ0n) is 33.9. The molecule has 3 aromatic heterocycles. The molecule has 10 aromatic carbocycles. The molecule has 288 valence electrons. The van der Waals surface area contributed by atoms with E-state index in [4.69, 9.17) is 9.97 Å². The van der Waals surface area contributed by atoms with E-state index in [2.05, 4.69) is 206 Å². The molecular formula is C57H39N3S. The summed E-state index contributed by atoms with van der Waals surface area (Å²) in [6, 6.07) is 68.3. The molecule has 0 fully saturated rings. The minimum Gasteiger partial charge on any atom is -0.277 e. The van der Waals surface area contributed by atoms with E-state index in [1.165, 1.54) is 75.2 Å². The number of rotatable bonds is 3. The van der Waals surface area contributed by atoms with Gasteiger partial charge in [0.15, 0.2) is 0 Å². The Morgan fingerprint density at radius 3 is 1.80 bits per heavy atom. The predicted molar refractivity (Wildman–Crippen MR) is 264 cm³/mol. The average Bonchev–Trinajstić information content (AvgIpc) is 3.88. The molecule has 0 radical (unpaired) electrons. The molecule has 0 N–H and O–H groups in total. The van der Waals surface area contributed by atoms with Gasteiger partial charge in [-0.1, -0.05) is 190 Å². The van der Waals surface area contributed by atoms with Crippen LogP contribution in [0, 0.1) is 0 Å². The van der Waals surface area contributed by atoms with Gasteiger partial charge in [-0.2, -0.15) is 0 Å². The molecule has 3 heterocycles. The summed E-state index contributed by atoms with van der Waals surface area (Å²) in [6.45, 7) is 4.25. The maximum Gasteiger partial charge on any atom is 0.235 e. The molecule has 0 amide bonds. The lowest BCUT2D eigenvalue weighted by atomic mass is 9.95. The molecule has 0 aliphatic heterocycles. The van der Waals surface area contributed by atoms with Gasteiger partial charge in [-0.15, -0.1) is 11.3 Å². The highest BCUT2D eigenvalue weighted by atomic mass is 32.1. The summed E-state index contributed by atoms with van der Waals surface area (Å²) in [7, 11) is 0. The van der Waals surface area contributed by atoms with Crippen LogP contribution in [0.2, 0.25) is 0 Å². The van der Waals surface area contributed by atoms with Crippen molar-refractivity contribution in [1.29, 1.82) is 0 Å². The number of aromatic nitrogens is 3. The van der Waals surface area contributed by atoms with Crippen molar-refractivity contribution >= 4 is 107 Å². The Morgan fingerprint density at radius 2 is 1.02 bits per heavy atom. The Kier molecular flexibility index (Phi) is 8.22. The monoisotopic (exact) mass is 797 g/mol. The molecule has 61 heavy (non-hydrogen) atoms. The van der Waals surface area contributed by atoms with E-state index >= 15 is 0 Å². The lowest BCUT2D eigenvalue weighted by Crippen LogP contribution is -2.05.